The van der Waals surface area contributed by atoms with Gasteiger partial charge in [0.25, 0.3) is 5.91 Å². The van der Waals surface area contributed by atoms with Gasteiger partial charge in [0, 0.05) is 10.6 Å². The van der Waals surface area contributed by atoms with Crippen molar-refractivity contribution in [3.05, 3.63) is 44.6 Å². The summed E-state index contributed by atoms with van der Waals surface area (Å²) in [5.41, 5.74) is -2.90. The first-order valence-electron chi connectivity index (χ1n) is 5.68. The van der Waals surface area contributed by atoms with Crippen LogP contribution < -0.4 is 5.32 Å². The fraction of sp³-hybridized carbons (Fsp3) is 0.154. The molecule has 0 aliphatic heterocycles. The molecule has 1 amide bonds. The fourth-order valence-electron chi connectivity index (χ4n) is 1.50. The van der Waals surface area contributed by atoms with Crippen LogP contribution in [0.4, 0.5) is 18.9 Å². The lowest BCUT2D eigenvalue weighted by atomic mass is 10.3. The Morgan fingerprint density at radius 2 is 1.90 bits per heavy atom. The van der Waals surface area contributed by atoms with Gasteiger partial charge in [-0.15, -0.1) is 11.3 Å². The van der Waals surface area contributed by atoms with Gasteiger partial charge in [-0.05, 0) is 70.5 Å². The summed E-state index contributed by atoms with van der Waals surface area (Å²) >= 11 is 4.45. The number of hydrogen-bond donors (Lipinski definition) is 1. The first kappa shape index (κ1) is 16.4. The van der Waals surface area contributed by atoms with E-state index in [9.17, 15) is 18.0 Å². The Morgan fingerprint density at radius 3 is 2.38 bits per heavy atom. The van der Waals surface area contributed by atoms with Gasteiger partial charge in [-0.3, -0.25) is 4.79 Å². The number of carbonyl (C=O) groups excluding carboxylic acids is 1. The van der Waals surface area contributed by atoms with E-state index in [2.05, 4.69) is 21.2 Å². The Bertz CT molecular complexity index is 633. The minimum absolute atomic E-state index is 0.0789. The van der Waals surface area contributed by atoms with E-state index in [1.165, 1.54) is 35.6 Å². The minimum atomic E-state index is -4.31. The highest BCUT2D eigenvalue weighted by Gasteiger charge is 2.29. The van der Waals surface area contributed by atoms with Gasteiger partial charge in [0.05, 0.1) is 8.66 Å². The Labute approximate surface area is 135 Å². The lowest BCUT2D eigenvalue weighted by Crippen LogP contribution is -2.10. The number of rotatable bonds is 3. The van der Waals surface area contributed by atoms with E-state index in [4.69, 9.17) is 0 Å². The van der Waals surface area contributed by atoms with Gasteiger partial charge in [0.1, 0.15) is 0 Å². The summed E-state index contributed by atoms with van der Waals surface area (Å²) in [6, 6.07) is 7.29. The third kappa shape index (κ3) is 4.76. The van der Waals surface area contributed by atoms with Crippen molar-refractivity contribution in [1.29, 1.82) is 0 Å². The molecule has 8 heteroatoms. The summed E-state index contributed by atoms with van der Waals surface area (Å²) in [5, 5.41) is 2.65. The average Bonchev–Trinajstić information content (AvgIpc) is 2.70. The number of benzene rings is 1. The van der Waals surface area contributed by atoms with E-state index < -0.39 is 5.51 Å². The molecule has 1 aromatic carbocycles. The number of hydrogen-bond acceptors (Lipinski definition) is 3. The number of amides is 1. The van der Waals surface area contributed by atoms with Gasteiger partial charge >= 0.3 is 5.51 Å². The molecule has 1 N–H and O–H groups in total. The first-order valence-corrected chi connectivity index (χ1v) is 8.10. The summed E-state index contributed by atoms with van der Waals surface area (Å²) in [4.78, 5) is 12.6. The van der Waals surface area contributed by atoms with Crippen molar-refractivity contribution in [2.45, 2.75) is 17.3 Å². The van der Waals surface area contributed by atoms with Crippen molar-refractivity contribution < 1.29 is 18.0 Å². The molecule has 2 rings (SSSR count). The molecule has 0 spiro atoms. The SMILES string of the molecule is Cc1cc(C(=O)Nc2ccc(SC(F)(F)F)cc2)sc1Br. The normalized spacial score (nSPS) is 11.5. The number of halogens is 4. The first-order chi connectivity index (χ1) is 9.74. The van der Waals surface area contributed by atoms with Crippen LogP contribution in [0.5, 0.6) is 0 Å². The van der Waals surface area contributed by atoms with Crippen LogP contribution in [0.25, 0.3) is 0 Å². The van der Waals surface area contributed by atoms with Crippen LogP contribution in [0.3, 0.4) is 0 Å². The molecule has 2 aromatic rings. The molecule has 0 aliphatic rings. The van der Waals surface area contributed by atoms with Crippen LogP contribution in [0, 0.1) is 6.92 Å². The zero-order valence-corrected chi connectivity index (χ0v) is 13.8. The van der Waals surface area contributed by atoms with Crippen molar-refractivity contribution in [1.82, 2.24) is 0 Å². The molecule has 0 unspecified atom stereocenters. The highest BCUT2D eigenvalue weighted by atomic mass is 79.9. The molecule has 112 valence electrons. The van der Waals surface area contributed by atoms with Crippen LogP contribution in [0.15, 0.2) is 39.0 Å². The van der Waals surface area contributed by atoms with Gasteiger partial charge in [-0.2, -0.15) is 13.2 Å². The second-order valence-corrected chi connectivity index (χ2v) is 7.60. The number of carbonyl (C=O) groups is 1. The Morgan fingerprint density at radius 1 is 1.29 bits per heavy atom. The molecule has 0 aliphatic carbocycles. The van der Waals surface area contributed by atoms with Gasteiger partial charge in [-0.25, -0.2) is 0 Å². The molecule has 2 nitrogen and oxygen atoms in total. The second-order valence-electron chi connectivity index (χ2n) is 4.09. The van der Waals surface area contributed by atoms with E-state index in [0.717, 1.165) is 9.35 Å². The number of alkyl halides is 3. The number of thiophene rings is 1. The summed E-state index contributed by atoms with van der Waals surface area (Å²) in [5.74, 6) is -0.287. The highest BCUT2D eigenvalue weighted by Crippen LogP contribution is 2.37. The molecule has 0 saturated carbocycles. The molecule has 0 radical (unpaired) electrons. The zero-order chi connectivity index (χ0) is 15.6. The second kappa shape index (κ2) is 6.41. The maximum Gasteiger partial charge on any atom is 0.446 e. The van der Waals surface area contributed by atoms with Crippen LogP contribution in [-0.4, -0.2) is 11.4 Å². The summed E-state index contributed by atoms with van der Waals surface area (Å²) in [6.07, 6.45) is 0. The summed E-state index contributed by atoms with van der Waals surface area (Å²) < 4.78 is 37.5. The third-order valence-electron chi connectivity index (χ3n) is 2.43. The van der Waals surface area contributed by atoms with Crippen LogP contribution in [-0.2, 0) is 0 Å². The largest absolute Gasteiger partial charge is 0.446 e. The molecule has 21 heavy (non-hydrogen) atoms. The topological polar surface area (TPSA) is 29.1 Å². The molecular weight excluding hydrogens is 387 g/mol. The molecule has 0 bridgehead atoms. The lowest BCUT2D eigenvalue weighted by Gasteiger charge is -2.07. The van der Waals surface area contributed by atoms with Crippen LogP contribution >= 0.6 is 39.0 Å². The zero-order valence-electron chi connectivity index (χ0n) is 10.6. The third-order valence-corrected chi connectivity index (χ3v) is 5.30. The Balaban J connectivity index is 2.05. The van der Waals surface area contributed by atoms with Crippen molar-refractivity contribution in [2.75, 3.05) is 5.32 Å². The van der Waals surface area contributed by atoms with Gasteiger partial charge in [0.2, 0.25) is 0 Å². The Kier molecular flexibility index (Phi) is 5.00. The molecular formula is C13H9BrF3NOS2. The van der Waals surface area contributed by atoms with Crippen molar-refractivity contribution >= 4 is 50.6 Å². The maximum absolute atomic E-state index is 12.2. The number of aryl methyl sites for hydroxylation is 1. The molecule has 1 aromatic heterocycles. The maximum atomic E-state index is 12.2. The Hall–Kier alpha value is -0.990. The monoisotopic (exact) mass is 395 g/mol. The quantitative estimate of drug-likeness (QED) is 0.676. The molecule has 0 fully saturated rings. The molecule has 0 atom stereocenters. The fourth-order valence-corrected chi connectivity index (χ4v) is 3.47. The van der Waals surface area contributed by atoms with Crippen molar-refractivity contribution in [3.8, 4) is 0 Å². The number of anilines is 1. The molecule has 0 saturated heterocycles. The van der Waals surface area contributed by atoms with E-state index in [-0.39, 0.29) is 22.6 Å². The van der Waals surface area contributed by atoms with E-state index in [1.54, 1.807) is 6.07 Å². The smallest absolute Gasteiger partial charge is 0.321 e. The summed E-state index contributed by atoms with van der Waals surface area (Å²) in [7, 11) is 0. The van der Waals surface area contributed by atoms with Gasteiger partial charge in [-0.1, -0.05) is 0 Å². The van der Waals surface area contributed by atoms with Crippen LogP contribution in [0.1, 0.15) is 15.2 Å². The van der Waals surface area contributed by atoms with Crippen LogP contribution in [0.2, 0.25) is 0 Å². The van der Waals surface area contributed by atoms with E-state index in [1.807, 2.05) is 6.92 Å². The minimum Gasteiger partial charge on any atom is -0.321 e. The van der Waals surface area contributed by atoms with E-state index in [0.29, 0.717) is 10.6 Å². The van der Waals surface area contributed by atoms with E-state index >= 15 is 0 Å². The van der Waals surface area contributed by atoms with Crippen molar-refractivity contribution in [2.24, 2.45) is 0 Å². The predicted molar refractivity (Wildman–Crippen MR) is 83.1 cm³/mol. The standard InChI is InChI=1S/C13H9BrF3NOS2/c1-7-6-10(20-11(7)14)12(19)18-8-2-4-9(5-3-8)21-13(15,16)17/h2-6H,1H3,(H,18,19). The van der Waals surface area contributed by atoms with Crippen molar-refractivity contribution in [3.63, 3.8) is 0 Å². The van der Waals surface area contributed by atoms with Gasteiger partial charge in [0.15, 0.2) is 0 Å². The van der Waals surface area contributed by atoms with Gasteiger partial charge < -0.3 is 5.32 Å². The number of thioether (sulfide) groups is 1. The average molecular weight is 396 g/mol. The highest BCUT2D eigenvalue weighted by molar-refractivity contribution is 9.11. The number of nitrogens with one attached hydrogen (secondary N) is 1. The summed E-state index contributed by atoms with van der Waals surface area (Å²) in [6.45, 7) is 1.88. The molecule has 1 heterocycles. The lowest BCUT2D eigenvalue weighted by molar-refractivity contribution is -0.0328. The predicted octanol–water partition coefficient (Wildman–Crippen LogP) is 5.68.